The van der Waals surface area contributed by atoms with Crippen LogP contribution in [0, 0.1) is 0 Å². The molecule has 104 valence electrons. The Morgan fingerprint density at radius 2 is 2.16 bits per heavy atom. The summed E-state index contributed by atoms with van der Waals surface area (Å²) in [5.74, 6) is 0.140. The van der Waals surface area contributed by atoms with Gasteiger partial charge < -0.3 is 10.6 Å². The molecule has 1 aromatic carbocycles. The lowest BCUT2D eigenvalue weighted by atomic mass is 9.93. The fourth-order valence-corrected chi connectivity index (χ4v) is 2.97. The number of amides is 1. The van der Waals surface area contributed by atoms with Gasteiger partial charge in [-0.05, 0) is 49.8 Å². The number of hydrogen-bond acceptors (Lipinski definition) is 3. The molecule has 19 heavy (non-hydrogen) atoms. The van der Waals surface area contributed by atoms with E-state index in [-0.39, 0.29) is 11.4 Å². The quantitative estimate of drug-likeness (QED) is 0.813. The molecular weight excluding hydrogens is 256 g/mol. The summed E-state index contributed by atoms with van der Waals surface area (Å²) in [6.07, 6.45) is 4.95. The average Bonchev–Trinajstić information content (AvgIpc) is 2.95. The van der Waals surface area contributed by atoms with Crippen LogP contribution in [0.1, 0.15) is 31.7 Å². The van der Waals surface area contributed by atoms with Gasteiger partial charge in [0.05, 0.1) is 5.54 Å². The summed E-state index contributed by atoms with van der Waals surface area (Å²) < 4.78 is 0. The summed E-state index contributed by atoms with van der Waals surface area (Å²) in [5, 5.41) is 6.42. The van der Waals surface area contributed by atoms with Crippen molar-refractivity contribution < 1.29 is 4.79 Å². The van der Waals surface area contributed by atoms with Crippen molar-refractivity contribution in [2.75, 3.05) is 12.8 Å². The van der Waals surface area contributed by atoms with Crippen molar-refractivity contribution in [3.8, 4) is 0 Å². The largest absolute Gasteiger partial charge is 0.350 e. The van der Waals surface area contributed by atoms with Crippen molar-refractivity contribution in [1.29, 1.82) is 0 Å². The maximum Gasteiger partial charge on any atom is 0.240 e. The summed E-state index contributed by atoms with van der Waals surface area (Å²) in [4.78, 5) is 13.6. The summed E-state index contributed by atoms with van der Waals surface area (Å²) in [7, 11) is 0. The Morgan fingerprint density at radius 3 is 2.68 bits per heavy atom. The molecule has 0 radical (unpaired) electrons. The van der Waals surface area contributed by atoms with Gasteiger partial charge in [-0.1, -0.05) is 19.1 Å². The van der Waals surface area contributed by atoms with E-state index in [4.69, 9.17) is 0 Å². The molecule has 1 saturated heterocycles. The molecule has 0 aromatic heterocycles. The zero-order valence-electron chi connectivity index (χ0n) is 11.7. The molecule has 4 heteroatoms. The minimum Gasteiger partial charge on any atom is -0.350 e. The van der Waals surface area contributed by atoms with Crippen molar-refractivity contribution >= 4 is 17.7 Å². The van der Waals surface area contributed by atoms with Gasteiger partial charge >= 0.3 is 0 Å². The first-order valence-electron chi connectivity index (χ1n) is 6.86. The van der Waals surface area contributed by atoms with E-state index < -0.39 is 0 Å². The number of hydrogen-bond donors (Lipinski definition) is 2. The molecule has 1 heterocycles. The monoisotopic (exact) mass is 278 g/mol. The number of carbonyl (C=O) groups is 1. The van der Waals surface area contributed by atoms with E-state index in [1.807, 2.05) is 0 Å². The fourth-order valence-electron chi connectivity index (χ4n) is 2.56. The molecule has 1 amide bonds. The van der Waals surface area contributed by atoms with Crippen molar-refractivity contribution in [3.63, 3.8) is 0 Å². The van der Waals surface area contributed by atoms with E-state index in [1.165, 1.54) is 4.90 Å². The fraction of sp³-hybridized carbons (Fsp3) is 0.533. The lowest BCUT2D eigenvalue weighted by Crippen LogP contribution is -2.52. The molecule has 3 nitrogen and oxygen atoms in total. The highest BCUT2D eigenvalue weighted by atomic mass is 32.2. The first-order valence-corrected chi connectivity index (χ1v) is 8.09. The third-order valence-corrected chi connectivity index (χ3v) is 4.64. The van der Waals surface area contributed by atoms with Crippen LogP contribution in [0.25, 0.3) is 0 Å². The van der Waals surface area contributed by atoms with Gasteiger partial charge in [0.1, 0.15) is 0 Å². The first-order chi connectivity index (χ1) is 9.20. The van der Waals surface area contributed by atoms with Crippen LogP contribution >= 0.6 is 11.8 Å². The Labute approximate surface area is 119 Å². The Morgan fingerprint density at radius 1 is 1.42 bits per heavy atom. The Hall–Kier alpha value is -1.00. The van der Waals surface area contributed by atoms with Crippen LogP contribution in [0.15, 0.2) is 29.2 Å². The Bertz CT molecular complexity index is 424. The van der Waals surface area contributed by atoms with Crippen molar-refractivity contribution in [2.24, 2.45) is 0 Å². The van der Waals surface area contributed by atoms with Gasteiger partial charge in [0, 0.05) is 11.4 Å². The van der Waals surface area contributed by atoms with Gasteiger partial charge in [-0.3, -0.25) is 4.79 Å². The standard InChI is InChI=1S/C15H22N2OS/c1-3-15(9-4-10-17-15)14(18)16-11-12-5-7-13(19-2)8-6-12/h5-8,17H,3-4,9-11H2,1-2H3,(H,16,18)/t15-/m0/s1. The predicted octanol–water partition coefficient (Wildman–Crippen LogP) is 2.56. The van der Waals surface area contributed by atoms with Crippen LogP contribution in [0.5, 0.6) is 0 Å². The lowest BCUT2D eigenvalue weighted by Gasteiger charge is -2.26. The molecule has 1 aromatic rings. The van der Waals surface area contributed by atoms with Crippen LogP contribution in [0.4, 0.5) is 0 Å². The van der Waals surface area contributed by atoms with Gasteiger partial charge in [0.25, 0.3) is 0 Å². The molecule has 1 aliphatic heterocycles. The number of rotatable bonds is 5. The minimum atomic E-state index is -0.334. The van der Waals surface area contributed by atoms with Crippen LogP contribution in [0.3, 0.4) is 0 Å². The molecule has 1 aliphatic rings. The second-order valence-corrected chi connectivity index (χ2v) is 5.88. The predicted molar refractivity (Wildman–Crippen MR) is 80.3 cm³/mol. The molecule has 2 N–H and O–H groups in total. The molecule has 0 bridgehead atoms. The van der Waals surface area contributed by atoms with Gasteiger partial charge in [-0.25, -0.2) is 0 Å². The third-order valence-electron chi connectivity index (χ3n) is 3.89. The zero-order valence-corrected chi connectivity index (χ0v) is 12.5. The molecule has 1 atom stereocenters. The van der Waals surface area contributed by atoms with Gasteiger partial charge in [-0.2, -0.15) is 0 Å². The number of benzene rings is 1. The summed E-state index contributed by atoms with van der Waals surface area (Å²) in [5.41, 5.74) is 0.814. The zero-order chi connectivity index (χ0) is 13.7. The van der Waals surface area contributed by atoms with Gasteiger partial charge in [0.2, 0.25) is 5.91 Å². The third kappa shape index (κ3) is 3.31. The topological polar surface area (TPSA) is 41.1 Å². The number of nitrogens with one attached hydrogen (secondary N) is 2. The van der Waals surface area contributed by atoms with Crippen LogP contribution in [-0.2, 0) is 11.3 Å². The molecule has 0 unspecified atom stereocenters. The highest BCUT2D eigenvalue weighted by Crippen LogP contribution is 2.23. The molecule has 0 aliphatic carbocycles. The van der Waals surface area contributed by atoms with E-state index >= 15 is 0 Å². The highest BCUT2D eigenvalue weighted by molar-refractivity contribution is 7.98. The molecule has 0 spiro atoms. The summed E-state index contributed by atoms with van der Waals surface area (Å²) in [6, 6.07) is 8.34. The molecule has 2 rings (SSSR count). The first kappa shape index (κ1) is 14.4. The number of thioether (sulfide) groups is 1. The maximum atomic E-state index is 12.3. The van der Waals surface area contributed by atoms with E-state index in [0.717, 1.165) is 31.4 Å². The normalized spacial score (nSPS) is 22.4. The summed E-state index contributed by atoms with van der Waals surface area (Å²) in [6.45, 7) is 3.63. The minimum absolute atomic E-state index is 0.140. The smallest absolute Gasteiger partial charge is 0.240 e. The summed E-state index contributed by atoms with van der Waals surface area (Å²) >= 11 is 1.73. The highest BCUT2D eigenvalue weighted by Gasteiger charge is 2.38. The molecule has 1 fully saturated rings. The van der Waals surface area contributed by atoms with E-state index in [0.29, 0.717) is 6.54 Å². The molecular formula is C15H22N2OS. The van der Waals surface area contributed by atoms with Crippen molar-refractivity contribution in [3.05, 3.63) is 29.8 Å². The Kier molecular flexibility index (Phi) is 4.88. The average molecular weight is 278 g/mol. The second-order valence-electron chi connectivity index (χ2n) is 5.00. The van der Waals surface area contributed by atoms with E-state index in [1.54, 1.807) is 11.8 Å². The Balaban J connectivity index is 1.92. The van der Waals surface area contributed by atoms with Crippen molar-refractivity contribution in [1.82, 2.24) is 10.6 Å². The maximum absolute atomic E-state index is 12.3. The van der Waals surface area contributed by atoms with Crippen molar-refractivity contribution in [2.45, 2.75) is 43.2 Å². The van der Waals surface area contributed by atoms with E-state index in [9.17, 15) is 4.79 Å². The second kappa shape index (κ2) is 6.44. The van der Waals surface area contributed by atoms with E-state index in [2.05, 4.69) is 48.1 Å². The van der Waals surface area contributed by atoms with Gasteiger partial charge in [0.15, 0.2) is 0 Å². The number of carbonyl (C=O) groups excluding carboxylic acids is 1. The molecule has 0 saturated carbocycles. The lowest BCUT2D eigenvalue weighted by molar-refractivity contribution is -0.127. The van der Waals surface area contributed by atoms with Crippen LogP contribution < -0.4 is 10.6 Å². The SMILES string of the molecule is CC[C@@]1(C(=O)NCc2ccc(SC)cc2)CCCN1. The van der Waals surface area contributed by atoms with Gasteiger partial charge in [-0.15, -0.1) is 11.8 Å². The van der Waals surface area contributed by atoms with Crippen LogP contribution in [-0.4, -0.2) is 24.2 Å². The van der Waals surface area contributed by atoms with Crippen LogP contribution in [0.2, 0.25) is 0 Å².